The molecule has 1 amide bonds. The molecule has 0 aliphatic carbocycles. The quantitative estimate of drug-likeness (QED) is 0.130. The van der Waals surface area contributed by atoms with Crippen LogP contribution in [0.4, 0.5) is 17.2 Å². The van der Waals surface area contributed by atoms with Crippen molar-refractivity contribution < 1.29 is 19.0 Å². The Morgan fingerprint density at radius 1 is 1.09 bits per heavy atom. The molecule has 2 aromatic carbocycles. The van der Waals surface area contributed by atoms with Crippen LogP contribution in [-0.4, -0.2) is 77.8 Å². The first-order valence-electron chi connectivity index (χ1n) is 15.6. The van der Waals surface area contributed by atoms with Crippen LogP contribution in [0, 0.1) is 0 Å². The minimum absolute atomic E-state index is 0.209. The number of amides is 1. The van der Waals surface area contributed by atoms with Crippen LogP contribution in [0.25, 0.3) is 10.9 Å². The molecule has 0 radical (unpaired) electrons. The number of aromatic nitrogens is 3. The van der Waals surface area contributed by atoms with E-state index in [4.69, 9.17) is 25.8 Å². The van der Waals surface area contributed by atoms with Gasteiger partial charge < -0.3 is 30.2 Å². The first-order chi connectivity index (χ1) is 22.6. The van der Waals surface area contributed by atoms with Gasteiger partial charge in [-0.15, -0.1) is 0 Å². The first-order valence-corrected chi connectivity index (χ1v) is 16.0. The Balaban J connectivity index is 1.19. The number of fused-ring (bicyclic) bond motifs is 1. The molecule has 6 rings (SSSR count). The molecular weight excluding hydrogens is 606 g/mol. The molecule has 2 aromatic heterocycles. The third kappa shape index (κ3) is 8.70. The van der Waals surface area contributed by atoms with E-state index in [2.05, 4.69) is 35.8 Å². The van der Waals surface area contributed by atoms with Crippen molar-refractivity contribution in [2.45, 2.75) is 31.9 Å². The third-order valence-corrected chi connectivity index (χ3v) is 8.14. The molecule has 12 heteroatoms. The van der Waals surface area contributed by atoms with Gasteiger partial charge in [0.25, 0.3) is 0 Å². The smallest absolute Gasteiger partial charge is 0.248 e. The second kappa shape index (κ2) is 15.8. The summed E-state index contributed by atoms with van der Waals surface area (Å²) in [7, 11) is 0. The summed E-state index contributed by atoms with van der Waals surface area (Å²) in [6, 6.07) is 15.0. The van der Waals surface area contributed by atoms with Crippen molar-refractivity contribution in [2.75, 3.05) is 56.6 Å². The summed E-state index contributed by atoms with van der Waals surface area (Å²) >= 11 is 6.57. The molecule has 4 aromatic rings. The summed E-state index contributed by atoms with van der Waals surface area (Å²) in [6.45, 7) is 6.07. The molecule has 0 bridgehead atoms. The fraction of sp³-hybridized carbons (Fsp3) is 0.353. The monoisotopic (exact) mass is 643 g/mol. The largest absolute Gasteiger partial charge is 0.491 e. The van der Waals surface area contributed by atoms with Crippen molar-refractivity contribution in [2.24, 2.45) is 0 Å². The molecule has 2 fully saturated rings. The number of carbonyl (C=O) groups is 1. The lowest BCUT2D eigenvalue weighted by molar-refractivity contribution is -0.111. The summed E-state index contributed by atoms with van der Waals surface area (Å²) < 4.78 is 17.6. The van der Waals surface area contributed by atoms with Gasteiger partial charge in [-0.3, -0.25) is 14.7 Å². The van der Waals surface area contributed by atoms with E-state index in [9.17, 15) is 4.79 Å². The standard InChI is InChI=1S/C34H38ClN7O4/c35-28-19-25(7-9-31(28)46-22-26-5-1-2-11-37-26)40-34-27-20-30(41-33(43)10-8-24-6-3-12-36-24)32(21-29(27)38-23-39-34)45-16-4-13-42-14-17-44-18-15-42/h1-2,5,7-11,19-21,23-24,36H,3-4,6,12-18,22H2,(H,41,43)(H,38,39,40)/b10-8+. The highest BCUT2D eigenvalue weighted by atomic mass is 35.5. The van der Waals surface area contributed by atoms with Crippen molar-refractivity contribution in [1.82, 2.24) is 25.2 Å². The molecule has 1 unspecified atom stereocenters. The lowest BCUT2D eigenvalue weighted by Gasteiger charge is -2.26. The van der Waals surface area contributed by atoms with E-state index in [-0.39, 0.29) is 11.9 Å². The van der Waals surface area contributed by atoms with Gasteiger partial charge in [0.1, 0.15) is 30.3 Å². The molecule has 11 nitrogen and oxygen atoms in total. The molecule has 0 saturated carbocycles. The van der Waals surface area contributed by atoms with Gasteiger partial charge in [0.05, 0.1) is 41.7 Å². The molecule has 2 saturated heterocycles. The molecule has 46 heavy (non-hydrogen) atoms. The fourth-order valence-corrected chi connectivity index (χ4v) is 5.65. The minimum Gasteiger partial charge on any atom is -0.491 e. The van der Waals surface area contributed by atoms with Crippen molar-refractivity contribution >= 4 is 45.6 Å². The van der Waals surface area contributed by atoms with E-state index in [1.54, 1.807) is 24.4 Å². The normalized spacial score (nSPS) is 16.9. The Morgan fingerprint density at radius 3 is 2.80 bits per heavy atom. The number of nitrogens with one attached hydrogen (secondary N) is 3. The zero-order valence-corrected chi connectivity index (χ0v) is 26.3. The lowest BCUT2D eigenvalue weighted by Crippen LogP contribution is -2.37. The fourth-order valence-electron chi connectivity index (χ4n) is 5.42. The number of carbonyl (C=O) groups excluding carboxylic acids is 1. The number of rotatable bonds is 13. The average molecular weight is 644 g/mol. The highest BCUT2D eigenvalue weighted by Crippen LogP contribution is 2.35. The van der Waals surface area contributed by atoms with Crippen LogP contribution in [-0.2, 0) is 16.1 Å². The molecule has 4 heterocycles. The number of pyridine rings is 1. The Hall–Kier alpha value is -4.29. The van der Waals surface area contributed by atoms with Crippen LogP contribution in [0.15, 0.2) is 73.2 Å². The topological polar surface area (TPSA) is 123 Å². The van der Waals surface area contributed by atoms with E-state index in [0.29, 0.717) is 52.1 Å². The second-order valence-electron chi connectivity index (χ2n) is 11.2. The molecule has 0 spiro atoms. The molecule has 1 atom stereocenters. The number of ether oxygens (including phenoxy) is 3. The maximum atomic E-state index is 13.0. The zero-order valence-electron chi connectivity index (χ0n) is 25.6. The maximum absolute atomic E-state index is 13.0. The average Bonchev–Trinajstić information content (AvgIpc) is 3.61. The SMILES string of the molecule is O=C(/C=C/C1CCCN1)Nc1cc2c(Nc3ccc(OCc4ccccn4)c(Cl)c3)ncnc2cc1OCCCN1CCOCC1. The van der Waals surface area contributed by atoms with Crippen LogP contribution >= 0.6 is 11.6 Å². The van der Waals surface area contributed by atoms with E-state index < -0.39 is 0 Å². The van der Waals surface area contributed by atoms with E-state index in [1.165, 1.54) is 6.33 Å². The lowest BCUT2D eigenvalue weighted by atomic mass is 10.1. The van der Waals surface area contributed by atoms with Crippen molar-refractivity contribution in [1.29, 1.82) is 0 Å². The van der Waals surface area contributed by atoms with E-state index in [1.807, 2.05) is 42.5 Å². The summed E-state index contributed by atoms with van der Waals surface area (Å²) in [5.41, 5.74) is 2.74. The predicted octanol–water partition coefficient (Wildman–Crippen LogP) is 5.35. The molecule has 2 aliphatic heterocycles. The second-order valence-corrected chi connectivity index (χ2v) is 11.6. The Morgan fingerprint density at radius 2 is 2.00 bits per heavy atom. The molecule has 240 valence electrons. The van der Waals surface area contributed by atoms with Crippen LogP contribution in [0.3, 0.4) is 0 Å². The Bertz CT molecular complexity index is 1640. The van der Waals surface area contributed by atoms with Gasteiger partial charge in [0.15, 0.2) is 0 Å². The van der Waals surface area contributed by atoms with Crippen LogP contribution in [0.2, 0.25) is 5.02 Å². The van der Waals surface area contributed by atoms with Crippen LogP contribution < -0.4 is 25.4 Å². The van der Waals surface area contributed by atoms with E-state index >= 15 is 0 Å². The summed E-state index contributed by atoms with van der Waals surface area (Å²) in [5.74, 6) is 1.43. The molecule has 3 N–H and O–H groups in total. The number of benzene rings is 2. The highest BCUT2D eigenvalue weighted by molar-refractivity contribution is 6.32. The Labute approximate surface area is 273 Å². The molecular formula is C34H38ClN7O4. The van der Waals surface area contributed by atoms with Crippen LogP contribution in [0.1, 0.15) is 25.0 Å². The van der Waals surface area contributed by atoms with E-state index in [0.717, 1.165) is 70.0 Å². The summed E-state index contributed by atoms with van der Waals surface area (Å²) in [4.78, 5) is 28.7. The van der Waals surface area contributed by atoms with Gasteiger partial charge in [-0.2, -0.15) is 0 Å². The predicted molar refractivity (Wildman–Crippen MR) is 179 cm³/mol. The van der Waals surface area contributed by atoms with Gasteiger partial charge in [-0.25, -0.2) is 9.97 Å². The number of hydrogen-bond acceptors (Lipinski definition) is 10. The summed E-state index contributed by atoms with van der Waals surface area (Å²) in [5, 5.41) is 10.9. The molecule has 2 aliphatic rings. The third-order valence-electron chi connectivity index (χ3n) is 7.85. The van der Waals surface area contributed by atoms with Crippen LogP contribution in [0.5, 0.6) is 11.5 Å². The van der Waals surface area contributed by atoms with Gasteiger partial charge in [0, 0.05) is 55.1 Å². The highest BCUT2D eigenvalue weighted by Gasteiger charge is 2.16. The number of anilines is 3. The van der Waals surface area contributed by atoms with Crippen molar-refractivity contribution in [3.63, 3.8) is 0 Å². The number of hydrogen-bond donors (Lipinski definition) is 3. The van der Waals surface area contributed by atoms with Crippen molar-refractivity contribution in [3.05, 3.63) is 83.9 Å². The maximum Gasteiger partial charge on any atom is 0.248 e. The van der Waals surface area contributed by atoms with Crippen molar-refractivity contribution in [3.8, 4) is 11.5 Å². The Kier molecular flexibility index (Phi) is 10.9. The number of nitrogens with zero attached hydrogens (tertiary/aromatic N) is 4. The zero-order chi connectivity index (χ0) is 31.6. The van der Waals surface area contributed by atoms with Gasteiger partial charge in [-0.05, 0) is 62.2 Å². The number of morpholine rings is 1. The van der Waals surface area contributed by atoms with Gasteiger partial charge in [-0.1, -0.05) is 23.7 Å². The number of halogens is 1. The van der Waals surface area contributed by atoms with Gasteiger partial charge >= 0.3 is 0 Å². The van der Waals surface area contributed by atoms with Gasteiger partial charge in [0.2, 0.25) is 5.91 Å². The summed E-state index contributed by atoms with van der Waals surface area (Å²) in [6.07, 6.45) is 9.68. The minimum atomic E-state index is -0.231. The first kappa shape index (κ1) is 31.7.